The Morgan fingerprint density at radius 3 is 2.79 bits per heavy atom. The normalized spacial score (nSPS) is 10.4. The predicted octanol–water partition coefficient (Wildman–Crippen LogP) is 1.81. The Morgan fingerprint density at radius 2 is 2.07 bits per heavy atom. The van der Waals surface area contributed by atoms with E-state index >= 15 is 0 Å². The van der Waals surface area contributed by atoms with Crippen molar-refractivity contribution < 1.29 is 0 Å². The smallest absolute Gasteiger partial charge is 0.0783 e. The number of H-pyrrole nitrogens is 1. The van der Waals surface area contributed by atoms with Gasteiger partial charge in [-0.3, -0.25) is 5.10 Å². The lowest BCUT2D eigenvalue weighted by molar-refractivity contribution is 0.769. The third-order valence-electron chi connectivity index (χ3n) is 2.04. The van der Waals surface area contributed by atoms with Gasteiger partial charge in [-0.25, -0.2) is 5.32 Å². The summed E-state index contributed by atoms with van der Waals surface area (Å²) in [7, 11) is 1.79. The Labute approximate surface area is 83.2 Å². The van der Waals surface area contributed by atoms with E-state index in [2.05, 4.69) is 27.6 Å². The first kappa shape index (κ1) is 8.97. The first-order valence-electron chi connectivity index (χ1n) is 4.55. The van der Waals surface area contributed by atoms with E-state index < -0.39 is 0 Å². The van der Waals surface area contributed by atoms with Gasteiger partial charge in [0, 0.05) is 7.05 Å². The van der Waals surface area contributed by atoms with Crippen LogP contribution in [0.15, 0.2) is 36.4 Å². The molecule has 1 heterocycles. The monoisotopic (exact) mass is 186 g/mol. The second-order valence-electron chi connectivity index (χ2n) is 3.11. The molecule has 1 radical (unpaired) electrons. The molecule has 0 atom stereocenters. The van der Waals surface area contributed by atoms with Crippen molar-refractivity contribution in [2.75, 3.05) is 7.05 Å². The molecule has 0 amide bonds. The topological polar surface area (TPSA) is 42.8 Å². The van der Waals surface area contributed by atoms with E-state index in [9.17, 15) is 0 Å². The molecule has 0 saturated carbocycles. The molecule has 71 valence electrons. The molecule has 0 saturated heterocycles. The molecule has 1 aromatic carbocycles. The molecule has 0 fully saturated rings. The number of hydrogen-bond donors (Lipinski definition) is 1. The fourth-order valence-corrected chi connectivity index (χ4v) is 1.37. The van der Waals surface area contributed by atoms with Crippen molar-refractivity contribution in [3.8, 4) is 11.3 Å². The van der Waals surface area contributed by atoms with Crippen LogP contribution in [0, 0.1) is 0 Å². The molecule has 3 nitrogen and oxygen atoms in total. The van der Waals surface area contributed by atoms with Crippen molar-refractivity contribution in [1.29, 1.82) is 0 Å². The fraction of sp³-hybridized carbons (Fsp3) is 0.182. The number of nitrogens with one attached hydrogen (secondary N) is 1. The summed E-state index contributed by atoms with van der Waals surface area (Å²) >= 11 is 0. The first-order valence-corrected chi connectivity index (χ1v) is 4.55. The van der Waals surface area contributed by atoms with Crippen molar-refractivity contribution in [3.63, 3.8) is 0 Å². The average Bonchev–Trinajstić information content (AvgIpc) is 2.68. The van der Waals surface area contributed by atoms with E-state index in [-0.39, 0.29) is 0 Å². The summed E-state index contributed by atoms with van der Waals surface area (Å²) in [5.74, 6) is 0. The van der Waals surface area contributed by atoms with Gasteiger partial charge in [0.15, 0.2) is 0 Å². The average molecular weight is 186 g/mol. The zero-order valence-corrected chi connectivity index (χ0v) is 8.07. The van der Waals surface area contributed by atoms with Crippen LogP contribution in [-0.2, 0) is 6.54 Å². The minimum absolute atomic E-state index is 0.670. The Balaban J connectivity index is 2.25. The van der Waals surface area contributed by atoms with Gasteiger partial charge in [0.1, 0.15) is 0 Å². The Bertz CT molecular complexity index is 392. The van der Waals surface area contributed by atoms with Crippen LogP contribution in [-0.4, -0.2) is 17.2 Å². The highest BCUT2D eigenvalue weighted by Gasteiger charge is 2.01. The lowest BCUT2D eigenvalue weighted by atomic mass is 10.1. The third-order valence-corrected chi connectivity index (χ3v) is 2.04. The molecule has 0 aliphatic carbocycles. The molecule has 1 aromatic heterocycles. The maximum absolute atomic E-state index is 4.16. The van der Waals surface area contributed by atoms with Gasteiger partial charge in [0.2, 0.25) is 0 Å². The van der Waals surface area contributed by atoms with Crippen molar-refractivity contribution in [2.45, 2.75) is 6.54 Å². The van der Waals surface area contributed by atoms with E-state index in [1.807, 2.05) is 24.3 Å². The van der Waals surface area contributed by atoms with Crippen LogP contribution in [0.2, 0.25) is 0 Å². The molecule has 0 unspecified atom stereocenters. The molecule has 1 N–H and O–H groups in total. The molecule has 0 aliphatic rings. The second kappa shape index (κ2) is 4.07. The van der Waals surface area contributed by atoms with Crippen molar-refractivity contribution in [2.24, 2.45) is 0 Å². The van der Waals surface area contributed by atoms with E-state index in [0.29, 0.717) is 6.54 Å². The number of benzene rings is 1. The summed E-state index contributed by atoms with van der Waals surface area (Å²) in [6.07, 6.45) is 0. The van der Waals surface area contributed by atoms with Gasteiger partial charge in [-0.15, -0.1) is 0 Å². The largest absolute Gasteiger partial charge is 0.278 e. The van der Waals surface area contributed by atoms with Crippen LogP contribution in [0.25, 0.3) is 11.3 Å². The SMILES string of the molecule is C[N]Cc1cc(-c2ccccc2)[nH]n1. The number of rotatable bonds is 3. The quantitative estimate of drug-likeness (QED) is 0.780. The zero-order chi connectivity index (χ0) is 9.80. The van der Waals surface area contributed by atoms with Crippen molar-refractivity contribution >= 4 is 0 Å². The van der Waals surface area contributed by atoms with Crippen LogP contribution in [0.5, 0.6) is 0 Å². The molecule has 2 rings (SSSR count). The highest BCUT2D eigenvalue weighted by molar-refractivity contribution is 5.58. The van der Waals surface area contributed by atoms with Gasteiger partial charge in [0.05, 0.1) is 17.9 Å². The van der Waals surface area contributed by atoms with Crippen LogP contribution in [0.4, 0.5) is 0 Å². The molecule has 3 heteroatoms. The summed E-state index contributed by atoms with van der Waals surface area (Å²) in [4.78, 5) is 0. The lowest BCUT2D eigenvalue weighted by Crippen LogP contribution is -1.96. The van der Waals surface area contributed by atoms with Crippen molar-refractivity contribution in [1.82, 2.24) is 15.5 Å². The molecular formula is C11H12N3. The lowest BCUT2D eigenvalue weighted by Gasteiger charge is -1.93. The maximum Gasteiger partial charge on any atom is 0.0783 e. The summed E-state index contributed by atoms with van der Waals surface area (Å²) in [6.45, 7) is 0.670. The van der Waals surface area contributed by atoms with Crippen LogP contribution < -0.4 is 5.32 Å². The molecule has 0 spiro atoms. The highest BCUT2D eigenvalue weighted by atomic mass is 15.1. The summed E-state index contributed by atoms with van der Waals surface area (Å²) < 4.78 is 0. The van der Waals surface area contributed by atoms with E-state index in [1.54, 1.807) is 7.05 Å². The zero-order valence-electron chi connectivity index (χ0n) is 8.07. The standard InChI is InChI=1S/C11H12N3/c1-12-8-10-7-11(14-13-10)9-5-3-2-4-6-9/h2-7H,8H2,1H3,(H,13,14). The van der Waals surface area contributed by atoms with E-state index in [4.69, 9.17) is 0 Å². The Morgan fingerprint density at radius 1 is 1.29 bits per heavy atom. The van der Waals surface area contributed by atoms with Gasteiger partial charge in [0.25, 0.3) is 0 Å². The number of nitrogens with zero attached hydrogens (tertiary/aromatic N) is 2. The Hall–Kier alpha value is -1.61. The number of aromatic nitrogens is 2. The first-order chi connectivity index (χ1) is 6.90. The summed E-state index contributed by atoms with van der Waals surface area (Å²) in [5, 5.41) is 11.2. The predicted molar refractivity (Wildman–Crippen MR) is 55.8 cm³/mol. The molecule has 14 heavy (non-hydrogen) atoms. The van der Waals surface area contributed by atoms with E-state index in [0.717, 1.165) is 17.0 Å². The van der Waals surface area contributed by atoms with Crippen molar-refractivity contribution in [3.05, 3.63) is 42.1 Å². The molecule has 0 bridgehead atoms. The highest BCUT2D eigenvalue weighted by Crippen LogP contribution is 2.16. The van der Waals surface area contributed by atoms with Gasteiger partial charge in [-0.1, -0.05) is 30.3 Å². The van der Waals surface area contributed by atoms with Gasteiger partial charge < -0.3 is 0 Å². The fourth-order valence-electron chi connectivity index (χ4n) is 1.37. The maximum atomic E-state index is 4.16. The van der Waals surface area contributed by atoms with Crippen LogP contribution in [0.1, 0.15) is 5.69 Å². The minimum Gasteiger partial charge on any atom is -0.278 e. The number of hydrogen-bond acceptors (Lipinski definition) is 1. The van der Waals surface area contributed by atoms with Crippen LogP contribution >= 0.6 is 0 Å². The van der Waals surface area contributed by atoms with Gasteiger partial charge >= 0.3 is 0 Å². The van der Waals surface area contributed by atoms with Gasteiger partial charge in [-0.05, 0) is 11.6 Å². The summed E-state index contributed by atoms with van der Waals surface area (Å²) in [5.41, 5.74) is 3.18. The molecule has 2 aromatic rings. The van der Waals surface area contributed by atoms with Crippen LogP contribution in [0.3, 0.4) is 0 Å². The molecular weight excluding hydrogens is 174 g/mol. The van der Waals surface area contributed by atoms with E-state index in [1.165, 1.54) is 0 Å². The Kier molecular flexibility index (Phi) is 2.60. The number of aromatic amines is 1. The molecule has 0 aliphatic heterocycles. The second-order valence-corrected chi connectivity index (χ2v) is 3.11. The minimum atomic E-state index is 0.670. The summed E-state index contributed by atoms with van der Waals surface area (Å²) in [6, 6.07) is 12.2. The third kappa shape index (κ3) is 1.83. The van der Waals surface area contributed by atoms with Gasteiger partial charge in [-0.2, -0.15) is 5.10 Å².